The average molecular weight is 326 g/mol. The fourth-order valence-corrected chi connectivity index (χ4v) is 3.30. The number of aromatic nitrogens is 3. The molecular weight excluding hydrogens is 300 g/mol. The predicted molar refractivity (Wildman–Crippen MR) is 94.4 cm³/mol. The maximum absolute atomic E-state index is 12.4. The highest BCUT2D eigenvalue weighted by atomic mass is 16.2. The second kappa shape index (κ2) is 6.38. The van der Waals surface area contributed by atoms with E-state index in [1.807, 2.05) is 49.5 Å². The van der Waals surface area contributed by atoms with E-state index >= 15 is 0 Å². The lowest BCUT2D eigenvalue weighted by atomic mass is 9.89. The molecule has 5 nitrogen and oxygen atoms in total. The smallest absolute Gasteiger partial charge is 0.227 e. The number of nitrogens with zero attached hydrogens (tertiary/aromatic N) is 4. The molecule has 0 N–H and O–H groups in total. The van der Waals surface area contributed by atoms with Gasteiger partial charge in [-0.15, -0.1) is 0 Å². The van der Waals surface area contributed by atoms with E-state index in [0.29, 0.717) is 5.92 Å². The molecule has 0 unspecified atom stereocenters. The van der Waals surface area contributed by atoms with Gasteiger partial charge in [-0.05, 0) is 31.0 Å². The molecule has 1 aliphatic rings. The quantitative estimate of drug-likeness (QED) is 0.851. The summed E-state index contributed by atoms with van der Waals surface area (Å²) in [6.45, 7) is 7.60. The second-order valence-corrected chi connectivity index (χ2v) is 7.60. The van der Waals surface area contributed by atoms with Crippen molar-refractivity contribution < 1.29 is 4.79 Å². The van der Waals surface area contributed by atoms with Gasteiger partial charge >= 0.3 is 0 Å². The van der Waals surface area contributed by atoms with E-state index < -0.39 is 0 Å². The number of amides is 1. The molecule has 0 radical (unpaired) electrons. The lowest BCUT2D eigenvalue weighted by Gasteiger charge is -2.35. The summed E-state index contributed by atoms with van der Waals surface area (Å²) in [5, 5.41) is 4.22. The molecule has 2 aromatic heterocycles. The van der Waals surface area contributed by atoms with Crippen LogP contribution in [0.4, 0.5) is 0 Å². The summed E-state index contributed by atoms with van der Waals surface area (Å²) in [5.41, 5.74) is 2.80. The topological polar surface area (TPSA) is 51.0 Å². The minimum absolute atomic E-state index is 0.248. The number of hydrogen-bond donors (Lipinski definition) is 0. The molecule has 3 heterocycles. The molecule has 0 aromatic carbocycles. The van der Waals surface area contributed by atoms with Gasteiger partial charge in [-0.25, -0.2) is 0 Å². The zero-order chi connectivity index (χ0) is 17.3. The van der Waals surface area contributed by atoms with Crippen LogP contribution in [0.5, 0.6) is 0 Å². The van der Waals surface area contributed by atoms with Crippen molar-refractivity contribution >= 4 is 5.91 Å². The van der Waals surface area contributed by atoms with Crippen LogP contribution in [0, 0.1) is 5.41 Å². The molecule has 1 aliphatic heterocycles. The standard InChI is InChI=1S/C19H26N4O/c1-19(2,3)18(24)23-12-9-14(10-13-23)15-6-5-7-16(21-15)17-8-11-20-22(17)4/h5-8,11,14H,9-10,12-13H2,1-4H3. The van der Waals surface area contributed by atoms with Gasteiger partial charge < -0.3 is 4.90 Å². The Hall–Kier alpha value is -2.17. The zero-order valence-electron chi connectivity index (χ0n) is 15.0. The maximum atomic E-state index is 12.4. The highest BCUT2D eigenvalue weighted by Gasteiger charge is 2.31. The summed E-state index contributed by atoms with van der Waals surface area (Å²) >= 11 is 0. The molecule has 2 aromatic rings. The van der Waals surface area contributed by atoms with Crippen molar-refractivity contribution in [1.82, 2.24) is 19.7 Å². The first kappa shape index (κ1) is 16.7. The summed E-state index contributed by atoms with van der Waals surface area (Å²) in [4.78, 5) is 19.3. The fraction of sp³-hybridized carbons (Fsp3) is 0.526. The van der Waals surface area contributed by atoms with Gasteiger partial charge in [0.25, 0.3) is 0 Å². The number of rotatable bonds is 2. The Morgan fingerprint density at radius 1 is 1.17 bits per heavy atom. The van der Waals surface area contributed by atoms with Crippen LogP contribution in [0.2, 0.25) is 0 Å². The van der Waals surface area contributed by atoms with E-state index in [1.54, 1.807) is 6.20 Å². The molecule has 1 amide bonds. The molecule has 0 saturated carbocycles. The number of carbonyl (C=O) groups is 1. The van der Waals surface area contributed by atoms with E-state index in [9.17, 15) is 4.79 Å². The van der Waals surface area contributed by atoms with Crippen LogP contribution in [0.3, 0.4) is 0 Å². The zero-order valence-corrected chi connectivity index (χ0v) is 15.0. The highest BCUT2D eigenvalue weighted by molar-refractivity contribution is 5.81. The minimum atomic E-state index is -0.301. The van der Waals surface area contributed by atoms with Gasteiger partial charge in [0.05, 0.1) is 11.4 Å². The summed E-state index contributed by atoms with van der Waals surface area (Å²) < 4.78 is 1.84. The Balaban J connectivity index is 1.71. The van der Waals surface area contributed by atoms with Crippen molar-refractivity contribution in [2.75, 3.05) is 13.1 Å². The Kier molecular flexibility index (Phi) is 4.43. The first-order valence-electron chi connectivity index (χ1n) is 8.61. The van der Waals surface area contributed by atoms with Gasteiger partial charge in [0.1, 0.15) is 0 Å². The Bertz CT molecular complexity index is 721. The molecule has 1 saturated heterocycles. The summed E-state index contributed by atoms with van der Waals surface area (Å²) in [6.07, 6.45) is 3.74. The lowest BCUT2D eigenvalue weighted by molar-refractivity contribution is -0.140. The molecular formula is C19H26N4O. The molecule has 128 valence electrons. The van der Waals surface area contributed by atoms with Crippen molar-refractivity contribution in [2.24, 2.45) is 12.5 Å². The molecule has 0 atom stereocenters. The van der Waals surface area contributed by atoms with Crippen molar-refractivity contribution in [3.05, 3.63) is 36.2 Å². The molecule has 24 heavy (non-hydrogen) atoms. The Morgan fingerprint density at radius 2 is 1.88 bits per heavy atom. The fourth-order valence-electron chi connectivity index (χ4n) is 3.30. The number of likely N-dealkylation sites (tertiary alicyclic amines) is 1. The second-order valence-electron chi connectivity index (χ2n) is 7.60. The number of piperidine rings is 1. The summed E-state index contributed by atoms with van der Waals surface area (Å²) in [7, 11) is 1.93. The first-order chi connectivity index (χ1) is 11.4. The van der Waals surface area contributed by atoms with Gasteiger partial charge in [-0.1, -0.05) is 26.8 Å². The van der Waals surface area contributed by atoms with Gasteiger partial charge in [0.2, 0.25) is 5.91 Å². The third-order valence-electron chi connectivity index (χ3n) is 4.70. The van der Waals surface area contributed by atoms with Gasteiger partial charge in [-0.3, -0.25) is 14.5 Å². The normalized spacial score (nSPS) is 16.4. The summed E-state index contributed by atoms with van der Waals surface area (Å²) in [5.74, 6) is 0.666. The molecule has 0 spiro atoms. The lowest BCUT2D eigenvalue weighted by Crippen LogP contribution is -2.43. The van der Waals surface area contributed by atoms with Crippen molar-refractivity contribution in [1.29, 1.82) is 0 Å². The Labute approximate surface area is 143 Å². The molecule has 0 bridgehead atoms. The van der Waals surface area contributed by atoms with E-state index in [2.05, 4.69) is 17.2 Å². The number of pyridine rings is 1. The number of hydrogen-bond acceptors (Lipinski definition) is 3. The number of carbonyl (C=O) groups excluding carboxylic acids is 1. The molecule has 5 heteroatoms. The van der Waals surface area contributed by atoms with Crippen LogP contribution in [-0.2, 0) is 11.8 Å². The Morgan fingerprint density at radius 3 is 2.46 bits per heavy atom. The predicted octanol–water partition coefficient (Wildman–Crippen LogP) is 3.23. The van der Waals surface area contributed by atoms with Crippen molar-refractivity contribution in [3.8, 4) is 11.4 Å². The first-order valence-corrected chi connectivity index (χ1v) is 8.61. The average Bonchev–Trinajstić information content (AvgIpc) is 3.00. The van der Waals surface area contributed by atoms with Crippen LogP contribution in [0.25, 0.3) is 11.4 Å². The molecule has 1 fully saturated rings. The SMILES string of the molecule is Cn1nccc1-c1cccc(C2CCN(C(=O)C(C)(C)C)CC2)n1. The molecule has 0 aliphatic carbocycles. The van der Waals surface area contributed by atoms with Crippen LogP contribution < -0.4 is 0 Å². The van der Waals surface area contributed by atoms with E-state index in [4.69, 9.17) is 4.98 Å². The number of aryl methyl sites for hydroxylation is 1. The van der Waals surface area contributed by atoms with Crippen LogP contribution in [0.1, 0.15) is 45.2 Å². The van der Waals surface area contributed by atoms with Gasteiger partial charge in [0, 0.05) is 43.4 Å². The third-order valence-corrected chi connectivity index (χ3v) is 4.70. The third kappa shape index (κ3) is 3.35. The minimum Gasteiger partial charge on any atom is -0.342 e. The van der Waals surface area contributed by atoms with E-state index in [0.717, 1.165) is 43.0 Å². The van der Waals surface area contributed by atoms with Gasteiger partial charge in [0.15, 0.2) is 0 Å². The van der Waals surface area contributed by atoms with Gasteiger partial charge in [-0.2, -0.15) is 5.10 Å². The molecule has 3 rings (SSSR count). The van der Waals surface area contributed by atoms with Crippen LogP contribution in [-0.4, -0.2) is 38.7 Å². The maximum Gasteiger partial charge on any atom is 0.227 e. The largest absolute Gasteiger partial charge is 0.342 e. The monoisotopic (exact) mass is 326 g/mol. The van der Waals surface area contributed by atoms with Crippen molar-refractivity contribution in [3.63, 3.8) is 0 Å². The van der Waals surface area contributed by atoms with Crippen molar-refractivity contribution in [2.45, 2.75) is 39.5 Å². The van der Waals surface area contributed by atoms with Crippen LogP contribution in [0.15, 0.2) is 30.5 Å². The summed E-state index contributed by atoms with van der Waals surface area (Å²) in [6, 6.07) is 8.18. The van der Waals surface area contributed by atoms with Crippen LogP contribution >= 0.6 is 0 Å². The highest BCUT2D eigenvalue weighted by Crippen LogP contribution is 2.30. The van der Waals surface area contributed by atoms with E-state index in [-0.39, 0.29) is 11.3 Å². The van der Waals surface area contributed by atoms with E-state index in [1.165, 1.54) is 0 Å².